The average molecular weight is 280 g/mol. The van der Waals surface area contributed by atoms with Crippen molar-refractivity contribution in [2.45, 2.75) is 96.8 Å². The Bertz CT molecular complexity index is 308. The maximum absolute atomic E-state index is 12.8. The molecule has 1 aliphatic heterocycles. The molecule has 0 aromatic carbocycles. The maximum atomic E-state index is 12.8. The Hall–Kier alpha value is -0.570. The molecule has 1 N–H and O–H groups in total. The van der Waals surface area contributed by atoms with Crippen molar-refractivity contribution in [3.8, 4) is 0 Å². The highest BCUT2D eigenvalue weighted by molar-refractivity contribution is 5.84. The number of amides is 1. The van der Waals surface area contributed by atoms with Crippen LogP contribution in [0.2, 0.25) is 0 Å². The zero-order valence-electron chi connectivity index (χ0n) is 13.5. The van der Waals surface area contributed by atoms with Crippen LogP contribution < -0.4 is 5.32 Å². The van der Waals surface area contributed by atoms with Gasteiger partial charge in [0, 0.05) is 6.04 Å². The van der Waals surface area contributed by atoms with E-state index in [1.807, 2.05) is 0 Å². The summed E-state index contributed by atoms with van der Waals surface area (Å²) in [7, 11) is 0. The SMILES string of the molecule is CCCC1NC(C(C)C)N(C2CCCCCCC2)C1=O. The Kier molecular flexibility index (Phi) is 5.88. The van der Waals surface area contributed by atoms with Gasteiger partial charge < -0.3 is 4.90 Å². The Morgan fingerprint density at radius 3 is 2.30 bits per heavy atom. The highest BCUT2D eigenvalue weighted by Crippen LogP contribution is 2.29. The van der Waals surface area contributed by atoms with Crippen LogP contribution in [0.1, 0.15) is 78.6 Å². The van der Waals surface area contributed by atoms with Crippen LogP contribution in [0.25, 0.3) is 0 Å². The summed E-state index contributed by atoms with van der Waals surface area (Å²) < 4.78 is 0. The van der Waals surface area contributed by atoms with Gasteiger partial charge in [0.25, 0.3) is 0 Å². The summed E-state index contributed by atoms with van der Waals surface area (Å²) in [6.45, 7) is 6.63. The van der Waals surface area contributed by atoms with Gasteiger partial charge in [-0.25, -0.2) is 0 Å². The van der Waals surface area contributed by atoms with Crippen molar-refractivity contribution in [2.24, 2.45) is 5.92 Å². The first-order valence-corrected chi connectivity index (χ1v) is 8.73. The topological polar surface area (TPSA) is 32.3 Å². The van der Waals surface area contributed by atoms with Crippen molar-refractivity contribution in [1.82, 2.24) is 10.2 Å². The molecule has 0 aromatic heterocycles. The molecule has 116 valence electrons. The Morgan fingerprint density at radius 2 is 1.75 bits per heavy atom. The molecule has 0 aromatic rings. The van der Waals surface area contributed by atoms with Crippen molar-refractivity contribution in [2.75, 3.05) is 0 Å². The molecule has 3 heteroatoms. The Balaban J connectivity index is 2.09. The number of rotatable bonds is 4. The minimum atomic E-state index is 0.0674. The minimum absolute atomic E-state index is 0.0674. The summed E-state index contributed by atoms with van der Waals surface area (Å²) in [5, 5.41) is 3.60. The molecular formula is C17H32N2O. The number of nitrogens with zero attached hydrogens (tertiary/aromatic N) is 1. The minimum Gasteiger partial charge on any atom is -0.323 e. The molecule has 2 atom stereocenters. The summed E-state index contributed by atoms with van der Waals surface area (Å²) in [5.74, 6) is 0.863. The molecular weight excluding hydrogens is 248 g/mol. The zero-order valence-corrected chi connectivity index (χ0v) is 13.5. The first kappa shape index (κ1) is 15.8. The molecule has 0 radical (unpaired) electrons. The smallest absolute Gasteiger partial charge is 0.241 e. The Labute approximate surface area is 124 Å². The lowest BCUT2D eigenvalue weighted by atomic mass is 9.94. The molecule has 1 saturated carbocycles. The highest BCUT2D eigenvalue weighted by atomic mass is 16.2. The van der Waals surface area contributed by atoms with Gasteiger partial charge in [0.15, 0.2) is 0 Å². The first-order chi connectivity index (χ1) is 9.65. The van der Waals surface area contributed by atoms with Crippen LogP contribution in [0.4, 0.5) is 0 Å². The summed E-state index contributed by atoms with van der Waals surface area (Å²) in [6.07, 6.45) is 11.4. The van der Waals surface area contributed by atoms with Crippen molar-refractivity contribution >= 4 is 5.91 Å². The molecule has 0 spiro atoms. The van der Waals surface area contributed by atoms with Gasteiger partial charge >= 0.3 is 0 Å². The number of carbonyl (C=O) groups is 1. The normalized spacial score (nSPS) is 29.8. The molecule has 2 rings (SSSR count). The van der Waals surface area contributed by atoms with Crippen LogP contribution >= 0.6 is 0 Å². The summed E-state index contributed by atoms with van der Waals surface area (Å²) in [6, 6.07) is 0.544. The van der Waals surface area contributed by atoms with E-state index < -0.39 is 0 Å². The van der Waals surface area contributed by atoms with Gasteiger partial charge in [0.2, 0.25) is 5.91 Å². The van der Waals surface area contributed by atoms with E-state index in [0.29, 0.717) is 17.9 Å². The van der Waals surface area contributed by atoms with Crippen LogP contribution in [0.15, 0.2) is 0 Å². The van der Waals surface area contributed by atoms with E-state index in [-0.39, 0.29) is 12.2 Å². The fourth-order valence-electron chi connectivity index (χ4n) is 3.80. The van der Waals surface area contributed by atoms with Crippen LogP contribution in [-0.4, -0.2) is 29.1 Å². The molecule has 20 heavy (non-hydrogen) atoms. The fraction of sp³-hybridized carbons (Fsp3) is 0.941. The second-order valence-electron chi connectivity index (χ2n) is 6.94. The third kappa shape index (κ3) is 3.55. The Morgan fingerprint density at radius 1 is 1.15 bits per heavy atom. The van der Waals surface area contributed by atoms with Gasteiger partial charge in [-0.15, -0.1) is 0 Å². The predicted molar refractivity (Wildman–Crippen MR) is 83.4 cm³/mol. The number of hydrogen-bond acceptors (Lipinski definition) is 2. The lowest BCUT2D eigenvalue weighted by molar-refractivity contribution is -0.133. The highest BCUT2D eigenvalue weighted by Gasteiger charge is 2.42. The van der Waals surface area contributed by atoms with Gasteiger partial charge in [0.05, 0.1) is 12.2 Å². The molecule has 1 aliphatic carbocycles. The lowest BCUT2D eigenvalue weighted by Gasteiger charge is -2.35. The summed E-state index contributed by atoms with van der Waals surface area (Å²) in [4.78, 5) is 15.0. The molecule has 0 bridgehead atoms. The van der Waals surface area contributed by atoms with Crippen molar-refractivity contribution in [3.63, 3.8) is 0 Å². The van der Waals surface area contributed by atoms with E-state index in [0.717, 1.165) is 12.8 Å². The van der Waals surface area contributed by atoms with Crippen LogP contribution in [0.5, 0.6) is 0 Å². The van der Waals surface area contributed by atoms with Gasteiger partial charge in [-0.05, 0) is 25.2 Å². The third-order valence-electron chi connectivity index (χ3n) is 4.90. The van der Waals surface area contributed by atoms with Crippen LogP contribution in [-0.2, 0) is 4.79 Å². The van der Waals surface area contributed by atoms with E-state index in [2.05, 4.69) is 31.0 Å². The van der Waals surface area contributed by atoms with E-state index in [4.69, 9.17) is 0 Å². The number of hydrogen-bond donors (Lipinski definition) is 1. The van der Waals surface area contributed by atoms with Gasteiger partial charge in [-0.2, -0.15) is 0 Å². The van der Waals surface area contributed by atoms with Crippen LogP contribution in [0.3, 0.4) is 0 Å². The van der Waals surface area contributed by atoms with E-state index in [9.17, 15) is 4.79 Å². The molecule has 1 saturated heterocycles. The fourth-order valence-corrected chi connectivity index (χ4v) is 3.80. The van der Waals surface area contributed by atoms with Crippen molar-refractivity contribution in [3.05, 3.63) is 0 Å². The number of carbonyl (C=O) groups excluding carboxylic acids is 1. The second kappa shape index (κ2) is 7.44. The largest absolute Gasteiger partial charge is 0.323 e. The zero-order chi connectivity index (χ0) is 14.5. The predicted octanol–water partition coefficient (Wildman–Crippen LogP) is 3.68. The van der Waals surface area contributed by atoms with Gasteiger partial charge in [0.1, 0.15) is 0 Å². The maximum Gasteiger partial charge on any atom is 0.241 e. The summed E-state index contributed by atoms with van der Waals surface area (Å²) in [5.41, 5.74) is 0. The van der Waals surface area contributed by atoms with Gasteiger partial charge in [-0.1, -0.05) is 59.3 Å². The first-order valence-electron chi connectivity index (χ1n) is 8.73. The molecule has 1 heterocycles. The van der Waals surface area contributed by atoms with Crippen molar-refractivity contribution in [1.29, 1.82) is 0 Å². The third-order valence-corrected chi connectivity index (χ3v) is 4.90. The monoisotopic (exact) mass is 280 g/mol. The summed E-state index contributed by atoms with van der Waals surface area (Å²) >= 11 is 0. The average Bonchev–Trinajstić information content (AvgIpc) is 2.68. The van der Waals surface area contributed by atoms with E-state index in [1.54, 1.807) is 0 Å². The lowest BCUT2D eigenvalue weighted by Crippen LogP contribution is -2.47. The molecule has 1 amide bonds. The number of nitrogens with one attached hydrogen (secondary N) is 1. The van der Waals surface area contributed by atoms with Gasteiger partial charge in [-0.3, -0.25) is 10.1 Å². The molecule has 2 aliphatic rings. The quantitative estimate of drug-likeness (QED) is 0.852. The molecule has 2 unspecified atom stereocenters. The second-order valence-corrected chi connectivity index (χ2v) is 6.94. The molecule has 3 nitrogen and oxygen atoms in total. The molecule has 2 fully saturated rings. The standard InChI is InChI=1S/C17H32N2O/c1-4-10-15-17(20)19(16(18-15)13(2)3)14-11-8-6-5-7-9-12-14/h13-16,18H,4-12H2,1-3H3. The van der Waals surface area contributed by atoms with E-state index in [1.165, 1.54) is 44.9 Å². The van der Waals surface area contributed by atoms with Crippen molar-refractivity contribution < 1.29 is 4.79 Å². The van der Waals surface area contributed by atoms with E-state index >= 15 is 0 Å². The van der Waals surface area contributed by atoms with Crippen LogP contribution in [0, 0.1) is 5.92 Å².